The van der Waals surface area contributed by atoms with Crippen molar-refractivity contribution in [3.05, 3.63) is 71.8 Å². The maximum atomic E-state index is 12.2. The highest BCUT2D eigenvalue weighted by atomic mass is 16.6. The van der Waals surface area contributed by atoms with Crippen LogP contribution >= 0.6 is 0 Å². The topological polar surface area (TPSA) is 105 Å². The Morgan fingerprint density at radius 2 is 1.39 bits per heavy atom. The third-order valence-corrected chi connectivity index (χ3v) is 4.72. The summed E-state index contributed by atoms with van der Waals surface area (Å²) >= 11 is 0. The van der Waals surface area contributed by atoms with Crippen molar-refractivity contribution in [1.29, 1.82) is 0 Å². The van der Waals surface area contributed by atoms with Gasteiger partial charge in [0.2, 0.25) is 0 Å². The molecule has 0 aliphatic heterocycles. The first kappa shape index (κ1) is 25.7. The molecule has 2 atom stereocenters. The van der Waals surface area contributed by atoms with Gasteiger partial charge in [-0.3, -0.25) is 9.59 Å². The van der Waals surface area contributed by atoms with Gasteiger partial charge >= 0.3 is 17.9 Å². The summed E-state index contributed by atoms with van der Waals surface area (Å²) in [7, 11) is 1.37. The maximum Gasteiger partial charge on any atom is 0.344 e. The monoisotopic (exact) mass is 456 g/mol. The molecule has 2 unspecified atom stereocenters. The summed E-state index contributed by atoms with van der Waals surface area (Å²) < 4.78 is 20.4. The normalized spacial score (nSPS) is 12.3. The predicted octanol–water partition coefficient (Wildman–Crippen LogP) is 2.81. The van der Waals surface area contributed by atoms with Gasteiger partial charge in [0.25, 0.3) is 0 Å². The number of hydrogen-bond acceptors (Lipinski definition) is 8. The highest BCUT2D eigenvalue weighted by Gasteiger charge is 2.24. The van der Waals surface area contributed by atoms with Crippen LogP contribution < -0.4 is 0 Å². The average Bonchev–Trinajstić information content (AvgIpc) is 2.83. The molecule has 0 bridgehead atoms. The number of esters is 3. The minimum absolute atomic E-state index is 0.0304. The Balaban J connectivity index is 1.75. The van der Waals surface area contributed by atoms with Crippen molar-refractivity contribution in [2.24, 2.45) is 0 Å². The molecular formula is C25H28O8. The van der Waals surface area contributed by atoms with Crippen molar-refractivity contribution in [3.63, 3.8) is 0 Å². The van der Waals surface area contributed by atoms with Crippen molar-refractivity contribution in [2.45, 2.75) is 45.0 Å². The lowest BCUT2D eigenvalue weighted by molar-refractivity contribution is -0.169. The van der Waals surface area contributed by atoms with Crippen LogP contribution in [0.15, 0.2) is 60.7 Å². The van der Waals surface area contributed by atoms with Gasteiger partial charge in [0.1, 0.15) is 6.61 Å². The van der Waals surface area contributed by atoms with E-state index >= 15 is 0 Å². The van der Waals surface area contributed by atoms with Crippen LogP contribution in [-0.2, 0) is 51.2 Å². The van der Waals surface area contributed by atoms with E-state index in [1.807, 2.05) is 60.7 Å². The highest BCUT2D eigenvalue weighted by Crippen LogP contribution is 2.10. The fraction of sp³-hybridized carbons (Fsp3) is 0.360. The Morgan fingerprint density at radius 3 is 1.97 bits per heavy atom. The van der Waals surface area contributed by atoms with Crippen molar-refractivity contribution in [2.75, 3.05) is 13.7 Å². The Bertz CT molecular complexity index is 911. The van der Waals surface area contributed by atoms with Crippen LogP contribution in [0.5, 0.6) is 0 Å². The molecule has 0 spiro atoms. The Labute approximate surface area is 192 Å². The van der Waals surface area contributed by atoms with Crippen LogP contribution in [0.25, 0.3) is 0 Å². The van der Waals surface area contributed by atoms with Gasteiger partial charge in [-0.05, 0) is 18.1 Å². The van der Waals surface area contributed by atoms with Crippen molar-refractivity contribution in [1.82, 2.24) is 0 Å². The van der Waals surface area contributed by atoms with Gasteiger partial charge in [-0.25, -0.2) is 9.59 Å². The molecule has 8 heteroatoms. The number of benzene rings is 2. The molecular weight excluding hydrogens is 428 g/mol. The van der Waals surface area contributed by atoms with E-state index in [0.29, 0.717) is 0 Å². The molecule has 0 heterocycles. The van der Waals surface area contributed by atoms with Crippen LogP contribution in [-0.4, -0.2) is 49.6 Å². The fourth-order valence-corrected chi connectivity index (χ4v) is 2.91. The number of carbonyl (C=O) groups excluding carboxylic acids is 4. The van der Waals surface area contributed by atoms with E-state index < -0.39 is 42.5 Å². The van der Waals surface area contributed by atoms with E-state index in [1.54, 1.807) is 0 Å². The van der Waals surface area contributed by atoms with E-state index in [9.17, 15) is 19.2 Å². The molecule has 0 fully saturated rings. The second-order valence-corrected chi connectivity index (χ2v) is 7.30. The first-order chi connectivity index (χ1) is 15.9. The third-order valence-electron chi connectivity index (χ3n) is 4.72. The Morgan fingerprint density at radius 1 is 0.788 bits per heavy atom. The van der Waals surface area contributed by atoms with Crippen LogP contribution in [0.4, 0.5) is 0 Å². The standard InChI is InChI=1S/C25H28O8/c1-18(26)21(13-14-23(27)31-16-20-11-7-4-8-12-20)33-24(28)17-32-25(29)22(30-2)15-19-9-5-3-6-10-19/h3-12,21-22H,13-17H2,1-2H3. The summed E-state index contributed by atoms with van der Waals surface area (Å²) in [6.07, 6.45) is -1.87. The van der Waals surface area contributed by atoms with E-state index in [0.717, 1.165) is 11.1 Å². The number of Topliss-reactive ketones (excluding diaryl/α,β-unsaturated/α-hetero) is 1. The van der Waals surface area contributed by atoms with Crippen LogP contribution in [0.3, 0.4) is 0 Å². The molecule has 0 aliphatic rings. The second-order valence-electron chi connectivity index (χ2n) is 7.30. The van der Waals surface area contributed by atoms with Crippen LogP contribution in [0.1, 0.15) is 30.9 Å². The quantitative estimate of drug-likeness (QED) is 0.335. The molecule has 8 nitrogen and oxygen atoms in total. The largest absolute Gasteiger partial charge is 0.461 e. The fourth-order valence-electron chi connectivity index (χ4n) is 2.91. The lowest BCUT2D eigenvalue weighted by Crippen LogP contribution is -2.32. The summed E-state index contributed by atoms with van der Waals surface area (Å²) in [6, 6.07) is 18.4. The molecule has 176 valence electrons. The molecule has 0 aromatic heterocycles. The maximum absolute atomic E-state index is 12.2. The lowest BCUT2D eigenvalue weighted by Gasteiger charge is -2.17. The van der Waals surface area contributed by atoms with Crippen molar-refractivity contribution in [3.8, 4) is 0 Å². The minimum Gasteiger partial charge on any atom is -0.461 e. The van der Waals surface area contributed by atoms with Gasteiger partial charge in [0.05, 0.1) is 0 Å². The SMILES string of the molecule is COC(Cc1ccccc1)C(=O)OCC(=O)OC(CCC(=O)OCc1ccccc1)C(C)=O. The molecule has 33 heavy (non-hydrogen) atoms. The predicted molar refractivity (Wildman–Crippen MR) is 118 cm³/mol. The Hall–Kier alpha value is -3.52. The van der Waals surface area contributed by atoms with Crippen molar-refractivity contribution < 1.29 is 38.1 Å². The number of hydrogen-bond donors (Lipinski definition) is 0. The van der Waals surface area contributed by atoms with Gasteiger partial charge < -0.3 is 18.9 Å². The Kier molecular flexibility index (Phi) is 10.8. The third kappa shape index (κ3) is 9.65. The first-order valence-electron chi connectivity index (χ1n) is 10.5. The molecule has 0 aliphatic carbocycles. The first-order valence-corrected chi connectivity index (χ1v) is 10.5. The van der Waals surface area contributed by atoms with E-state index in [2.05, 4.69) is 0 Å². The smallest absolute Gasteiger partial charge is 0.344 e. The molecule has 2 aromatic rings. The summed E-state index contributed by atoms with van der Waals surface area (Å²) in [4.78, 5) is 48.1. The zero-order valence-electron chi connectivity index (χ0n) is 18.7. The number of ketones is 1. The van der Waals surface area contributed by atoms with Gasteiger partial charge in [0.15, 0.2) is 24.6 Å². The summed E-state index contributed by atoms with van der Waals surface area (Å²) in [5, 5.41) is 0. The highest BCUT2D eigenvalue weighted by molar-refractivity contribution is 5.85. The van der Waals surface area contributed by atoms with E-state index in [1.165, 1.54) is 14.0 Å². The molecule has 2 rings (SSSR count). The number of carbonyl (C=O) groups is 4. The summed E-state index contributed by atoms with van der Waals surface area (Å²) in [5.41, 5.74) is 1.71. The molecule has 0 radical (unpaired) electrons. The zero-order valence-corrected chi connectivity index (χ0v) is 18.7. The van der Waals surface area contributed by atoms with E-state index in [4.69, 9.17) is 18.9 Å². The van der Waals surface area contributed by atoms with Crippen LogP contribution in [0.2, 0.25) is 0 Å². The summed E-state index contributed by atoms with van der Waals surface area (Å²) in [5.74, 6) is -2.56. The van der Waals surface area contributed by atoms with Gasteiger partial charge in [-0.1, -0.05) is 60.7 Å². The molecule has 0 amide bonds. The molecule has 0 saturated carbocycles. The molecule has 0 saturated heterocycles. The van der Waals surface area contributed by atoms with Gasteiger partial charge in [0, 0.05) is 26.4 Å². The molecule has 0 N–H and O–H groups in total. The average molecular weight is 456 g/mol. The molecule has 2 aromatic carbocycles. The zero-order chi connectivity index (χ0) is 24.1. The van der Waals surface area contributed by atoms with Crippen LogP contribution in [0, 0.1) is 0 Å². The lowest BCUT2D eigenvalue weighted by atomic mass is 10.1. The number of rotatable bonds is 13. The van der Waals surface area contributed by atoms with Gasteiger partial charge in [-0.2, -0.15) is 0 Å². The number of methoxy groups -OCH3 is 1. The van der Waals surface area contributed by atoms with Gasteiger partial charge in [-0.15, -0.1) is 0 Å². The number of ether oxygens (including phenoxy) is 4. The second kappa shape index (κ2) is 13.8. The van der Waals surface area contributed by atoms with Crippen molar-refractivity contribution >= 4 is 23.7 Å². The minimum atomic E-state index is -1.14. The van der Waals surface area contributed by atoms with E-state index in [-0.39, 0.29) is 25.9 Å². The summed E-state index contributed by atoms with van der Waals surface area (Å²) in [6.45, 7) is 0.694.